The van der Waals surface area contributed by atoms with Crippen LogP contribution in [0.5, 0.6) is 5.75 Å². The molecule has 2 aromatic rings. The van der Waals surface area contributed by atoms with E-state index in [0.717, 1.165) is 41.7 Å². The number of ether oxygens (including phenoxy) is 1. The first-order chi connectivity index (χ1) is 13.7. The Kier molecular flexibility index (Phi) is 5.13. The third kappa shape index (κ3) is 4.02. The third-order valence-corrected chi connectivity index (χ3v) is 7.25. The van der Waals surface area contributed by atoms with Gasteiger partial charge in [0.05, 0.1) is 12.9 Å². The molecular formula is C22H30N4O2S. The maximum Gasteiger partial charge on any atom is 0.233 e. The molecule has 6 nitrogen and oxygen atoms in total. The summed E-state index contributed by atoms with van der Waals surface area (Å²) in [5, 5.41) is 9.40. The van der Waals surface area contributed by atoms with Crippen molar-refractivity contribution in [3.63, 3.8) is 0 Å². The molecule has 2 heterocycles. The fraction of sp³-hybridized carbons (Fsp3) is 0.591. The number of hydrogen-bond acceptors (Lipinski definition) is 5. The zero-order chi connectivity index (χ0) is 20.8. The van der Waals surface area contributed by atoms with E-state index in [-0.39, 0.29) is 11.3 Å². The van der Waals surface area contributed by atoms with Crippen LogP contribution in [0.25, 0.3) is 11.4 Å². The molecule has 2 aliphatic rings. The molecule has 1 saturated heterocycles. The Morgan fingerprint density at radius 3 is 2.62 bits per heavy atom. The van der Waals surface area contributed by atoms with Crippen LogP contribution in [0.3, 0.4) is 0 Å². The molecule has 7 heteroatoms. The number of rotatable bonds is 5. The van der Waals surface area contributed by atoms with Gasteiger partial charge in [0, 0.05) is 25.2 Å². The Hall–Kier alpha value is -2.02. The van der Waals surface area contributed by atoms with Crippen LogP contribution < -0.4 is 4.74 Å². The summed E-state index contributed by atoms with van der Waals surface area (Å²) < 4.78 is 7.17. The van der Waals surface area contributed by atoms with Crippen LogP contribution >= 0.6 is 11.8 Å². The first-order valence-corrected chi connectivity index (χ1v) is 11.1. The van der Waals surface area contributed by atoms with E-state index in [9.17, 15) is 4.79 Å². The summed E-state index contributed by atoms with van der Waals surface area (Å²) in [7, 11) is 3.59. The Morgan fingerprint density at radius 2 is 1.93 bits per heavy atom. The van der Waals surface area contributed by atoms with E-state index in [1.165, 1.54) is 18.2 Å². The van der Waals surface area contributed by atoms with Crippen molar-refractivity contribution in [1.29, 1.82) is 0 Å². The van der Waals surface area contributed by atoms with E-state index >= 15 is 0 Å². The van der Waals surface area contributed by atoms with E-state index in [4.69, 9.17) is 4.74 Å². The topological polar surface area (TPSA) is 60.3 Å². The monoisotopic (exact) mass is 414 g/mol. The molecule has 4 rings (SSSR count). The fourth-order valence-electron chi connectivity index (χ4n) is 5.39. The molecule has 1 amide bonds. The van der Waals surface area contributed by atoms with Gasteiger partial charge in [0.2, 0.25) is 5.91 Å². The summed E-state index contributed by atoms with van der Waals surface area (Å²) >= 11 is 1.47. The van der Waals surface area contributed by atoms with Crippen molar-refractivity contribution in [3.05, 3.63) is 24.3 Å². The van der Waals surface area contributed by atoms with Gasteiger partial charge in [-0.05, 0) is 54.4 Å². The number of hydrogen-bond donors (Lipinski definition) is 0. The van der Waals surface area contributed by atoms with Crippen LogP contribution in [0.1, 0.15) is 40.0 Å². The van der Waals surface area contributed by atoms with Gasteiger partial charge in [-0.15, -0.1) is 10.2 Å². The van der Waals surface area contributed by atoms with Crippen LogP contribution in [0.15, 0.2) is 29.4 Å². The predicted molar refractivity (Wildman–Crippen MR) is 115 cm³/mol. The smallest absolute Gasteiger partial charge is 0.233 e. The Bertz CT molecular complexity index is 908. The van der Waals surface area contributed by atoms with E-state index in [0.29, 0.717) is 17.2 Å². The van der Waals surface area contributed by atoms with Gasteiger partial charge in [-0.25, -0.2) is 0 Å². The number of likely N-dealkylation sites (tertiary alicyclic amines) is 1. The molecule has 2 bridgehead atoms. The predicted octanol–water partition coefficient (Wildman–Crippen LogP) is 4.01. The number of amides is 1. The highest BCUT2D eigenvalue weighted by atomic mass is 32.2. The van der Waals surface area contributed by atoms with Crippen molar-refractivity contribution in [1.82, 2.24) is 19.7 Å². The van der Waals surface area contributed by atoms with Crippen molar-refractivity contribution in [2.45, 2.75) is 51.2 Å². The lowest BCUT2D eigenvalue weighted by Gasteiger charge is -2.39. The number of aromatic nitrogens is 3. The van der Waals surface area contributed by atoms with Crippen molar-refractivity contribution < 1.29 is 9.53 Å². The molecule has 0 unspecified atom stereocenters. The van der Waals surface area contributed by atoms with Crippen LogP contribution in [0.4, 0.5) is 0 Å². The van der Waals surface area contributed by atoms with Gasteiger partial charge in [-0.2, -0.15) is 0 Å². The Balaban J connectivity index is 1.42. The molecule has 0 radical (unpaired) electrons. The van der Waals surface area contributed by atoms with Gasteiger partial charge in [-0.1, -0.05) is 32.5 Å². The maximum atomic E-state index is 13.0. The molecule has 156 valence electrons. The molecule has 1 aromatic heterocycles. The van der Waals surface area contributed by atoms with Gasteiger partial charge < -0.3 is 14.2 Å². The molecule has 29 heavy (non-hydrogen) atoms. The number of methoxy groups -OCH3 is 1. The lowest BCUT2D eigenvalue weighted by atomic mass is 9.65. The minimum Gasteiger partial charge on any atom is -0.497 e. The summed E-state index contributed by atoms with van der Waals surface area (Å²) in [6, 6.07) is 8.14. The highest BCUT2D eigenvalue weighted by Crippen LogP contribution is 2.52. The van der Waals surface area contributed by atoms with Crippen molar-refractivity contribution in [2.75, 3.05) is 19.4 Å². The summed E-state index contributed by atoms with van der Waals surface area (Å²) in [5.41, 5.74) is 1.55. The van der Waals surface area contributed by atoms with Crippen molar-refractivity contribution in [3.8, 4) is 17.1 Å². The zero-order valence-electron chi connectivity index (χ0n) is 17.9. The minimum atomic E-state index is 0.218. The molecular weight excluding hydrogens is 384 g/mol. The number of nitrogens with zero attached hydrogens (tertiary/aromatic N) is 4. The van der Waals surface area contributed by atoms with E-state index in [2.05, 4.69) is 35.9 Å². The number of benzene rings is 1. The SMILES string of the molecule is COc1ccc(-c2nnc(SCC(=O)N3C[C@@]4(C)C[C@@H]3CC(C)(C)C4)n2C)cc1. The summed E-state index contributed by atoms with van der Waals surface area (Å²) in [4.78, 5) is 15.1. The van der Waals surface area contributed by atoms with Gasteiger partial charge in [-0.3, -0.25) is 4.79 Å². The van der Waals surface area contributed by atoms with Gasteiger partial charge >= 0.3 is 0 Å². The maximum absolute atomic E-state index is 13.0. The second-order valence-corrected chi connectivity index (χ2v) is 10.6. The van der Waals surface area contributed by atoms with Crippen molar-refractivity contribution in [2.24, 2.45) is 17.9 Å². The average Bonchev–Trinajstić information content (AvgIpc) is 3.15. The molecule has 0 N–H and O–H groups in total. The quantitative estimate of drug-likeness (QED) is 0.692. The molecule has 2 fully saturated rings. The lowest BCUT2D eigenvalue weighted by Crippen LogP contribution is -2.38. The number of carbonyl (C=O) groups is 1. The molecule has 2 atom stereocenters. The summed E-state index contributed by atoms with van der Waals surface area (Å²) in [6.07, 6.45) is 3.44. The third-order valence-electron chi connectivity index (χ3n) is 6.24. The Labute approximate surface area is 177 Å². The summed E-state index contributed by atoms with van der Waals surface area (Å²) in [5.74, 6) is 2.22. The second-order valence-electron chi connectivity index (χ2n) is 9.62. The average molecular weight is 415 g/mol. The van der Waals surface area contributed by atoms with Crippen LogP contribution in [-0.4, -0.2) is 51.0 Å². The Morgan fingerprint density at radius 1 is 1.21 bits per heavy atom. The highest BCUT2D eigenvalue weighted by molar-refractivity contribution is 7.99. The molecule has 1 aliphatic carbocycles. The summed E-state index contributed by atoms with van der Waals surface area (Å²) in [6.45, 7) is 7.89. The number of carbonyl (C=O) groups excluding carboxylic acids is 1. The number of fused-ring (bicyclic) bond motifs is 2. The van der Waals surface area contributed by atoms with Gasteiger partial charge in [0.1, 0.15) is 5.75 Å². The largest absolute Gasteiger partial charge is 0.497 e. The minimum absolute atomic E-state index is 0.218. The van der Waals surface area contributed by atoms with E-state index in [1.807, 2.05) is 35.9 Å². The van der Waals surface area contributed by atoms with E-state index < -0.39 is 0 Å². The normalized spacial score (nSPS) is 25.3. The zero-order valence-corrected chi connectivity index (χ0v) is 18.8. The molecule has 1 aliphatic heterocycles. The first kappa shape index (κ1) is 20.3. The van der Waals surface area contributed by atoms with Gasteiger partial charge in [0.15, 0.2) is 11.0 Å². The van der Waals surface area contributed by atoms with Crippen molar-refractivity contribution >= 4 is 17.7 Å². The molecule has 1 aromatic carbocycles. The molecule has 1 saturated carbocycles. The standard InChI is InChI=1S/C22H30N4O2S/c1-21(2)10-16-11-22(3,13-21)14-26(16)18(27)12-29-20-24-23-19(25(20)4)15-6-8-17(28-5)9-7-15/h6-9,16H,10-14H2,1-5H3/t16-,22-/m0/s1. The lowest BCUT2D eigenvalue weighted by molar-refractivity contribution is -0.129. The van der Waals surface area contributed by atoms with E-state index in [1.54, 1.807) is 7.11 Å². The number of thioether (sulfide) groups is 1. The van der Waals surface area contributed by atoms with Crippen LogP contribution in [0.2, 0.25) is 0 Å². The highest BCUT2D eigenvalue weighted by Gasteiger charge is 2.50. The fourth-order valence-corrected chi connectivity index (χ4v) is 6.19. The molecule has 0 spiro atoms. The van der Waals surface area contributed by atoms with Crippen LogP contribution in [-0.2, 0) is 11.8 Å². The second kappa shape index (κ2) is 7.35. The first-order valence-electron chi connectivity index (χ1n) is 10.2. The van der Waals surface area contributed by atoms with Crippen LogP contribution in [0, 0.1) is 10.8 Å². The van der Waals surface area contributed by atoms with Gasteiger partial charge in [0.25, 0.3) is 0 Å².